The third kappa shape index (κ3) is 3.35. The molecule has 2 heterocycles. The molecule has 1 aromatic heterocycles. The Bertz CT molecular complexity index is 364. The van der Waals surface area contributed by atoms with E-state index in [9.17, 15) is 0 Å². The van der Waals surface area contributed by atoms with Gasteiger partial charge in [0.1, 0.15) is 5.82 Å². The number of aromatic nitrogens is 1. The molecule has 1 aromatic rings. The van der Waals surface area contributed by atoms with Gasteiger partial charge < -0.3 is 15.0 Å². The summed E-state index contributed by atoms with van der Waals surface area (Å²) in [6.07, 6.45) is 3.69. The fourth-order valence-electron chi connectivity index (χ4n) is 2.44. The van der Waals surface area contributed by atoms with E-state index in [1.807, 2.05) is 12.1 Å². The lowest BCUT2D eigenvalue weighted by Gasteiger charge is -2.26. The Balaban J connectivity index is 2.06. The fourth-order valence-corrected chi connectivity index (χ4v) is 2.44. The van der Waals surface area contributed by atoms with Crippen LogP contribution in [0, 0.1) is 0 Å². The molecule has 0 aromatic carbocycles. The van der Waals surface area contributed by atoms with E-state index in [1.54, 1.807) is 7.11 Å². The highest BCUT2D eigenvalue weighted by Crippen LogP contribution is 2.18. The quantitative estimate of drug-likeness (QED) is 0.837. The second-order valence-electron chi connectivity index (χ2n) is 4.78. The normalized spacial score (nSPS) is 18.9. The van der Waals surface area contributed by atoms with Gasteiger partial charge in [-0.1, -0.05) is 13.0 Å². The molecule has 0 bridgehead atoms. The summed E-state index contributed by atoms with van der Waals surface area (Å²) in [5.41, 5.74) is 0. The smallest absolute Gasteiger partial charge is 0.214 e. The van der Waals surface area contributed by atoms with Crippen molar-refractivity contribution in [3.8, 4) is 5.88 Å². The van der Waals surface area contributed by atoms with Crippen LogP contribution in [0.3, 0.4) is 0 Å². The van der Waals surface area contributed by atoms with Gasteiger partial charge in [-0.2, -0.15) is 4.98 Å². The second-order valence-corrected chi connectivity index (χ2v) is 4.78. The molecule has 0 aliphatic carbocycles. The van der Waals surface area contributed by atoms with Gasteiger partial charge >= 0.3 is 0 Å². The minimum atomic E-state index is 0.601. The van der Waals surface area contributed by atoms with Crippen molar-refractivity contribution in [2.75, 3.05) is 31.6 Å². The molecule has 1 N–H and O–H groups in total. The first-order chi connectivity index (χ1) is 8.83. The molecule has 4 nitrogen and oxygen atoms in total. The van der Waals surface area contributed by atoms with Gasteiger partial charge in [0.15, 0.2) is 0 Å². The average molecular weight is 249 g/mol. The van der Waals surface area contributed by atoms with Crippen LogP contribution in [-0.2, 0) is 0 Å². The Kier molecular flexibility index (Phi) is 4.81. The Hall–Kier alpha value is -1.29. The van der Waals surface area contributed by atoms with Crippen LogP contribution in [0.4, 0.5) is 5.82 Å². The van der Waals surface area contributed by atoms with Crippen molar-refractivity contribution < 1.29 is 4.74 Å². The van der Waals surface area contributed by atoms with Crippen LogP contribution in [-0.4, -0.2) is 37.8 Å². The van der Waals surface area contributed by atoms with Gasteiger partial charge in [0.2, 0.25) is 5.88 Å². The number of hydrogen-bond donors (Lipinski definition) is 1. The van der Waals surface area contributed by atoms with E-state index in [2.05, 4.69) is 28.2 Å². The zero-order valence-corrected chi connectivity index (χ0v) is 11.4. The topological polar surface area (TPSA) is 37.4 Å². The summed E-state index contributed by atoms with van der Waals surface area (Å²) in [5.74, 6) is 1.71. The largest absolute Gasteiger partial charge is 0.481 e. The van der Waals surface area contributed by atoms with E-state index >= 15 is 0 Å². The number of nitrogens with zero attached hydrogens (tertiary/aromatic N) is 2. The highest BCUT2D eigenvalue weighted by Gasteiger charge is 2.18. The Morgan fingerprint density at radius 1 is 1.50 bits per heavy atom. The number of ether oxygens (including phenoxy) is 1. The number of hydrogen-bond acceptors (Lipinski definition) is 4. The second kappa shape index (κ2) is 6.59. The molecule has 18 heavy (non-hydrogen) atoms. The molecule has 0 saturated carbocycles. The van der Waals surface area contributed by atoms with Gasteiger partial charge in [-0.25, -0.2) is 0 Å². The molecule has 100 valence electrons. The Morgan fingerprint density at radius 2 is 2.39 bits per heavy atom. The summed E-state index contributed by atoms with van der Waals surface area (Å²) in [6, 6.07) is 6.56. The first kappa shape index (κ1) is 13.1. The minimum absolute atomic E-state index is 0.601. The van der Waals surface area contributed by atoms with Gasteiger partial charge in [-0.3, -0.25) is 0 Å². The molecule has 1 aliphatic rings. The third-order valence-corrected chi connectivity index (χ3v) is 3.34. The lowest BCUT2D eigenvalue weighted by Crippen LogP contribution is -2.38. The maximum Gasteiger partial charge on any atom is 0.214 e. The zero-order chi connectivity index (χ0) is 12.8. The summed E-state index contributed by atoms with van der Waals surface area (Å²) < 4.78 is 5.20. The van der Waals surface area contributed by atoms with Crippen molar-refractivity contribution in [3.05, 3.63) is 18.2 Å². The monoisotopic (exact) mass is 249 g/mol. The Morgan fingerprint density at radius 3 is 3.06 bits per heavy atom. The predicted octanol–water partition coefficient (Wildman–Crippen LogP) is 2.06. The minimum Gasteiger partial charge on any atom is -0.481 e. The molecule has 1 unspecified atom stereocenters. The fraction of sp³-hybridized carbons (Fsp3) is 0.643. The van der Waals surface area contributed by atoms with Crippen LogP contribution in [0.25, 0.3) is 0 Å². The number of nitrogens with one attached hydrogen (secondary N) is 1. The summed E-state index contributed by atoms with van der Waals surface area (Å²) in [5, 5.41) is 3.54. The molecule has 1 aliphatic heterocycles. The lowest BCUT2D eigenvalue weighted by atomic mass is 10.2. The van der Waals surface area contributed by atoms with Crippen LogP contribution < -0.4 is 15.0 Å². The number of methoxy groups -OCH3 is 1. The van der Waals surface area contributed by atoms with Crippen LogP contribution in [0.15, 0.2) is 18.2 Å². The number of anilines is 1. The highest BCUT2D eigenvalue weighted by molar-refractivity contribution is 5.40. The van der Waals surface area contributed by atoms with Crippen LogP contribution >= 0.6 is 0 Å². The standard InChI is InChI=1S/C14H23N3O/c1-3-10-17(11-12-6-5-9-15-12)13-7-4-8-14(16-13)18-2/h4,7-8,12,15H,3,5-6,9-11H2,1-2H3. The van der Waals surface area contributed by atoms with Crippen molar-refractivity contribution >= 4 is 5.82 Å². The van der Waals surface area contributed by atoms with E-state index in [-0.39, 0.29) is 0 Å². The summed E-state index contributed by atoms with van der Waals surface area (Å²) in [4.78, 5) is 6.88. The van der Waals surface area contributed by atoms with Gasteiger partial charge in [0.05, 0.1) is 7.11 Å². The lowest BCUT2D eigenvalue weighted by molar-refractivity contribution is 0.397. The third-order valence-electron chi connectivity index (χ3n) is 3.34. The molecule has 4 heteroatoms. The van der Waals surface area contributed by atoms with E-state index in [4.69, 9.17) is 4.74 Å². The zero-order valence-electron chi connectivity index (χ0n) is 11.4. The first-order valence-corrected chi connectivity index (χ1v) is 6.83. The van der Waals surface area contributed by atoms with E-state index < -0.39 is 0 Å². The van der Waals surface area contributed by atoms with Crippen molar-refractivity contribution in [1.82, 2.24) is 10.3 Å². The summed E-state index contributed by atoms with van der Waals surface area (Å²) in [7, 11) is 1.66. The highest BCUT2D eigenvalue weighted by atomic mass is 16.5. The van der Waals surface area contributed by atoms with Crippen LogP contribution in [0.5, 0.6) is 5.88 Å². The number of pyridine rings is 1. The van der Waals surface area contributed by atoms with Gasteiger partial charge in [-0.15, -0.1) is 0 Å². The molecule has 0 spiro atoms. The molecule has 1 fully saturated rings. The van der Waals surface area contributed by atoms with E-state index in [1.165, 1.54) is 12.8 Å². The predicted molar refractivity (Wildman–Crippen MR) is 74.3 cm³/mol. The van der Waals surface area contributed by atoms with Crippen molar-refractivity contribution in [3.63, 3.8) is 0 Å². The Labute approximate surface area is 109 Å². The molecular weight excluding hydrogens is 226 g/mol. The van der Waals surface area contributed by atoms with Gasteiger partial charge in [-0.05, 0) is 31.9 Å². The SMILES string of the molecule is CCCN(CC1CCCN1)c1cccc(OC)n1. The van der Waals surface area contributed by atoms with Crippen LogP contribution in [0.1, 0.15) is 26.2 Å². The molecule has 0 radical (unpaired) electrons. The summed E-state index contributed by atoms with van der Waals surface area (Å²) in [6.45, 7) is 5.43. The van der Waals surface area contributed by atoms with Crippen LogP contribution in [0.2, 0.25) is 0 Å². The molecule has 1 saturated heterocycles. The van der Waals surface area contributed by atoms with Crippen molar-refractivity contribution in [1.29, 1.82) is 0 Å². The molecule has 0 amide bonds. The molecular formula is C14H23N3O. The molecule has 1 atom stereocenters. The average Bonchev–Trinajstić information content (AvgIpc) is 2.91. The maximum atomic E-state index is 5.20. The van der Waals surface area contributed by atoms with Gasteiger partial charge in [0, 0.05) is 25.2 Å². The van der Waals surface area contributed by atoms with E-state index in [0.717, 1.165) is 31.9 Å². The first-order valence-electron chi connectivity index (χ1n) is 6.83. The number of rotatable bonds is 6. The summed E-state index contributed by atoms with van der Waals surface area (Å²) >= 11 is 0. The maximum absolute atomic E-state index is 5.20. The van der Waals surface area contributed by atoms with Crippen molar-refractivity contribution in [2.24, 2.45) is 0 Å². The molecule has 2 rings (SSSR count). The van der Waals surface area contributed by atoms with E-state index in [0.29, 0.717) is 11.9 Å². The van der Waals surface area contributed by atoms with Gasteiger partial charge in [0.25, 0.3) is 0 Å². The van der Waals surface area contributed by atoms with Crippen molar-refractivity contribution in [2.45, 2.75) is 32.2 Å².